The molecule has 19 heavy (non-hydrogen) atoms. The standard InChI is InChI=1S/C12H12F2O5/c13-11(14)8-3-1-2-7(10(17)12(18)19)6(8)4-5-9(15)16/h1-3,10-11,17H,4-5H2,(H,15,16)(H,18,19). The molecule has 0 bridgehead atoms. The van der Waals surface area contributed by atoms with Crippen LogP contribution in [0, 0.1) is 0 Å². The van der Waals surface area contributed by atoms with Crippen LogP contribution < -0.4 is 0 Å². The Balaban J connectivity index is 3.25. The Morgan fingerprint density at radius 3 is 2.21 bits per heavy atom. The van der Waals surface area contributed by atoms with Crippen LogP contribution >= 0.6 is 0 Å². The summed E-state index contributed by atoms with van der Waals surface area (Å²) >= 11 is 0. The normalized spacial score (nSPS) is 12.4. The molecule has 0 aliphatic heterocycles. The molecule has 0 saturated carbocycles. The van der Waals surface area contributed by atoms with E-state index in [1.165, 1.54) is 12.1 Å². The van der Waals surface area contributed by atoms with Crippen LogP contribution in [0.3, 0.4) is 0 Å². The van der Waals surface area contributed by atoms with Gasteiger partial charge in [0.15, 0.2) is 6.10 Å². The lowest BCUT2D eigenvalue weighted by molar-refractivity contribution is -0.147. The highest BCUT2D eigenvalue weighted by atomic mass is 19.3. The van der Waals surface area contributed by atoms with Gasteiger partial charge in [0.1, 0.15) is 0 Å². The average Bonchev–Trinajstić information content (AvgIpc) is 2.34. The van der Waals surface area contributed by atoms with Crippen molar-refractivity contribution in [1.82, 2.24) is 0 Å². The molecule has 5 nitrogen and oxygen atoms in total. The SMILES string of the molecule is O=C(O)CCc1c(C(F)F)cccc1C(O)C(=O)O. The second-order valence-electron chi connectivity index (χ2n) is 3.85. The van der Waals surface area contributed by atoms with E-state index in [1.807, 2.05) is 0 Å². The molecule has 0 aromatic heterocycles. The van der Waals surface area contributed by atoms with E-state index in [4.69, 9.17) is 10.2 Å². The van der Waals surface area contributed by atoms with Crippen molar-refractivity contribution in [3.8, 4) is 0 Å². The van der Waals surface area contributed by atoms with E-state index < -0.39 is 36.5 Å². The van der Waals surface area contributed by atoms with Gasteiger partial charge in [-0.25, -0.2) is 13.6 Å². The summed E-state index contributed by atoms with van der Waals surface area (Å²) in [4.78, 5) is 21.2. The molecule has 7 heteroatoms. The largest absolute Gasteiger partial charge is 0.481 e. The second-order valence-corrected chi connectivity index (χ2v) is 3.85. The van der Waals surface area contributed by atoms with Crippen molar-refractivity contribution in [3.63, 3.8) is 0 Å². The van der Waals surface area contributed by atoms with E-state index in [0.29, 0.717) is 0 Å². The lowest BCUT2D eigenvalue weighted by Gasteiger charge is -2.15. The van der Waals surface area contributed by atoms with Crippen molar-refractivity contribution in [1.29, 1.82) is 0 Å². The number of aliphatic carboxylic acids is 2. The molecule has 104 valence electrons. The summed E-state index contributed by atoms with van der Waals surface area (Å²) in [7, 11) is 0. The van der Waals surface area contributed by atoms with Gasteiger partial charge in [-0.05, 0) is 17.5 Å². The first-order chi connectivity index (χ1) is 8.84. The maximum absolute atomic E-state index is 12.8. The smallest absolute Gasteiger partial charge is 0.337 e. The van der Waals surface area contributed by atoms with Crippen LogP contribution in [0.25, 0.3) is 0 Å². The quantitative estimate of drug-likeness (QED) is 0.734. The predicted octanol–water partition coefficient (Wildman–Crippen LogP) is 1.76. The Hall–Kier alpha value is -2.02. The van der Waals surface area contributed by atoms with Crippen LogP contribution in [0.4, 0.5) is 8.78 Å². The molecule has 1 aromatic rings. The van der Waals surface area contributed by atoms with Crippen LogP contribution in [0.1, 0.15) is 35.6 Å². The number of alkyl halides is 2. The number of benzene rings is 1. The minimum atomic E-state index is -2.87. The Morgan fingerprint density at radius 1 is 1.16 bits per heavy atom. The molecule has 0 radical (unpaired) electrons. The number of carboxylic acids is 2. The van der Waals surface area contributed by atoms with Crippen molar-refractivity contribution in [2.24, 2.45) is 0 Å². The summed E-state index contributed by atoms with van der Waals surface area (Å²) in [6.45, 7) is 0. The van der Waals surface area contributed by atoms with Gasteiger partial charge in [0.2, 0.25) is 0 Å². The lowest BCUT2D eigenvalue weighted by Crippen LogP contribution is -2.15. The van der Waals surface area contributed by atoms with Gasteiger partial charge in [-0.15, -0.1) is 0 Å². The van der Waals surface area contributed by atoms with Crippen molar-refractivity contribution >= 4 is 11.9 Å². The summed E-state index contributed by atoms with van der Waals surface area (Å²) in [5, 5.41) is 26.7. The molecule has 1 unspecified atom stereocenters. The van der Waals surface area contributed by atoms with Crippen LogP contribution in [-0.4, -0.2) is 27.3 Å². The number of aliphatic hydroxyl groups excluding tert-OH is 1. The third kappa shape index (κ3) is 3.72. The molecule has 0 fully saturated rings. The predicted molar refractivity (Wildman–Crippen MR) is 60.0 cm³/mol. The van der Waals surface area contributed by atoms with Crippen molar-refractivity contribution in [2.45, 2.75) is 25.4 Å². The number of hydrogen-bond donors (Lipinski definition) is 3. The Bertz CT molecular complexity index is 487. The first-order valence-corrected chi connectivity index (χ1v) is 5.37. The molecule has 0 spiro atoms. The number of halogens is 2. The molecule has 0 heterocycles. The molecule has 0 saturated heterocycles. The van der Waals surface area contributed by atoms with Gasteiger partial charge in [-0.3, -0.25) is 4.79 Å². The molecule has 1 atom stereocenters. The zero-order valence-corrected chi connectivity index (χ0v) is 9.72. The van der Waals surface area contributed by atoms with E-state index >= 15 is 0 Å². The van der Waals surface area contributed by atoms with Gasteiger partial charge in [0.05, 0.1) is 0 Å². The molecular weight excluding hydrogens is 262 g/mol. The van der Waals surface area contributed by atoms with Gasteiger partial charge < -0.3 is 15.3 Å². The van der Waals surface area contributed by atoms with Gasteiger partial charge in [0.25, 0.3) is 6.43 Å². The first kappa shape index (κ1) is 15.0. The third-order valence-electron chi connectivity index (χ3n) is 2.60. The summed E-state index contributed by atoms with van der Waals surface area (Å²) in [5.41, 5.74) is -0.791. The van der Waals surface area contributed by atoms with E-state index in [2.05, 4.69) is 0 Å². The van der Waals surface area contributed by atoms with E-state index in [-0.39, 0.29) is 17.5 Å². The van der Waals surface area contributed by atoms with E-state index in [1.54, 1.807) is 0 Å². The first-order valence-electron chi connectivity index (χ1n) is 5.37. The summed E-state index contributed by atoms with van der Waals surface area (Å²) < 4.78 is 25.6. The number of rotatable bonds is 6. The topological polar surface area (TPSA) is 94.8 Å². The molecule has 1 aromatic carbocycles. The van der Waals surface area contributed by atoms with Crippen molar-refractivity contribution in [3.05, 3.63) is 34.9 Å². The fraction of sp³-hybridized carbons (Fsp3) is 0.333. The zero-order valence-electron chi connectivity index (χ0n) is 9.72. The van der Waals surface area contributed by atoms with E-state index in [9.17, 15) is 23.5 Å². The number of hydrogen-bond acceptors (Lipinski definition) is 3. The number of aliphatic hydroxyl groups is 1. The maximum atomic E-state index is 12.8. The fourth-order valence-corrected chi connectivity index (χ4v) is 1.74. The third-order valence-corrected chi connectivity index (χ3v) is 2.60. The number of carbonyl (C=O) groups is 2. The summed E-state index contributed by atoms with van der Waals surface area (Å²) in [6.07, 6.45) is -5.52. The van der Waals surface area contributed by atoms with Gasteiger partial charge in [0, 0.05) is 12.0 Å². The molecule has 3 N–H and O–H groups in total. The highest BCUT2D eigenvalue weighted by Gasteiger charge is 2.24. The minimum absolute atomic E-state index is 0.130. The number of carboxylic acid groups (broad SMARTS) is 2. The summed E-state index contributed by atoms with van der Waals surface area (Å²) in [6, 6.07) is 3.48. The van der Waals surface area contributed by atoms with Crippen molar-refractivity contribution in [2.75, 3.05) is 0 Å². The molecule has 0 aliphatic carbocycles. The van der Waals surface area contributed by atoms with Gasteiger partial charge in [-0.1, -0.05) is 18.2 Å². The highest BCUT2D eigenvalue weighted by molar-refractivity contribution is 5.75. The monoisotopic (exact) mass is 274 g/mol. The summed E-state index contributed by atoms with van der Waals surface area (Å²) in [5.74, 6) is -2.78. The average molecular weight is 274 g/mol. The molecule has 0 amide bonds. The molecular formula is C12H12F2O5. The zero-order chi connectivity index (χ0) is 14.6. The van der Waals surface area contributed by atoms with Gasteiger partial charge >= 0.3 is 11.9 Å². The highest BCUT2D eigenvalue weighted by Crippen LogP contribution is 2.30. The molecule has 0 aliphatic rings. The van der Waals surface area contributed by atoms with Gasteiger partial charge in [-0.2, -0.15) is 0 Å². The van der Waals surface area contributed by atoms with Crippen LogP contribution in [-0.2, 0) is 16.0 Å². The van der Waals surface area contributed by atoms with Crippen molar-refractivity contribution < 1.29 is 33.7 Å². The van der Waals surface area contributed by atoms with Crippen LogP contribution in [0.15, 0.2) is 18.2 Å². The second kappa shape index (κ2) is 6.24. The minimum Gasteiger partial charge on any atom is -0.481 e. The maximum Gasteiger partial charge on any atom is 0.337 e. The Labute approximate surface area is 107 Å². The Kier molecular flexibility index (Phi) is 4.94. The van der Waals surface area contributed by atoms with Crippen LogP contribution in [0.5, 0.6) is 0 Å². The Morgan fingerprint density at radius 2 is 1.74 bits per heavy atom. The van der Waals surface area contributed by atoms with E-state index in [0.717, 1.165) is 6.07 Å². The molecule has 1 rings (SSSR count). The van der Waals surface area contributed by atoms with Crippen LogP contribution in [0.2, 0.25) is 0 Å². The lowest BCUT2D eigenvalue weighted by atomic mass is 9.93. The fourth-order valence-electron chi connectivity index (χ4n) is 1.74.